The van der Waals surface area contributed by atoms with Crippen molar-refractivity contribution in [1.29, 1.82) is 0 Å². The Balaban J connectivity index is 2.80. The van der Waals surface area contributed by atoms with Gasteiger partial charge in [0.15, 0.2) is 8.32 Å². The van der Waals surface area contributed by atoms with Crippen LogP contribution in [0.2, 0.25) is 18.1 Å². The molecule has 6 heteroatoms. The second kappa shape index (κ2) is 5.62. The van der Waals surface area contributed by atoms with Crippen molar-refractivity contribution >= 4 is 20.2 Å². The van der Waals surface area contributed by atoms with Crippen LogP contribution in [0.4, 0.5) is 4.79 Å². The quantitative estimate of drug-likeness (QED) is 0.783. The van der Waals surface area contributed by atoms with Crippen molar-refractivity contribution < 1.29 is 19.1 Å². The van der Waals surface area contributed by atoms with Gasteiger partial charge in [0.25, 0.3) is 0 Å². The highest BCUT2D eigenvalue weighted by atomic mass is 28.4. The molecule has 1 aliphatic rings. The van der Waals surface area contributed by atoms with E-state index in [1.807, 2.05) is 0 Å². The zero-order chi connectivity index (χ0) is 14.8. The van der Waals surface area contributed by atoms with Crippen LogP contribution in [-0.4, -0.2) is 37.4 Å². The largest absolute Gasteiger partial charge is 0.465 e. The minimum Gasteiger partial charge on any atom is -0.465 e. The fourth-order valence-corrected chi connectivity index (χ4v) is 3.33. The summed E-state index contributed by atoms with van der Waals surface area (Å²) in [4.78, 5) is 22.4. The molecule has 0 aromatic rings. The lowest BCUT2D eigenvalue weighted by atomic mass is 9.92. The van der Waals surface area contributed by atoms with E-state index in [1.165, 1.54) is 0 Å². The van der Waals surface area contributed by atoms with Gasteiger partial charge in [-0.15, -0.1) is 0 Å². The first-order valence-corrected chi connectivity index (χ1v) is 9.63. The molecule has 0 spiro atoms. The van der Waals surface area contributed by atoms with Gasteiger partial charge in [0, 0.05) is 12.8 Å². The molecule has 0 aromatic carbocycles. The lowest BCUT2D eigenvalue weighted by Crippen LogP contribution is -2.53. The van der Waals surface area contributed by atoms with Gasteiger partial charge in [0.1, 0.15) is 5.78 Å². The van der Waals surface area contributed by atoms with Gasteiger partial charge in [-0.05, 0) is 24.6 Å². The number of hydrogen-bond donors (Lipinski definition) is 2. The number of Topliss-reactive ketones (excluding diaryl/α,β-unsaturated/α-hetero) is 1. The van der Waals surface area contributed by atoms with E-state index in [4.69, 9.17) is 9.53 Å². The summed E-state index contributed by atoms with van der Waals surface area (Å²) in [5.74, 6) is 0.159. The Hall–Kier alpha value is -0.883. The number of carboxylic acid groups (broad SMARTS) is 1. The second-order valence-corrected chi connectivity index (χ2v) is 11.5. The Labute approximate surface area is 115 Å². The summed E-state index contributed by atoms with van der Waals surface area (Å²) in [6, 6.07) is -0.274. The summed E-state index contributed by atoms with van der Waals surface area (Å²) >= 11 is 0. The molecular formula is C13H25NO4Si. The molecule has 0 saturated heterocycles. The van der Waals surface area contributed by atoms with Crippen molar-refractivity contribution in [3.8, 4) is 0 Å². The molecule has 0 heterocycles. The Kier molecular flexibility index (Phi) is 4.79. The summed E-state index contributed by atoms with van der Waals surface area (Å²) in [5.41, 5.74) is 0. The molecule has 0 unspecified atom stereocenters. The summed E-state index contributed by atoms with van der Waals surface area (Å²) < 4.78 is 6.22. The highest BCUT2D eigenvalue weighted by molar-refractivity contribution is 6.74. The van der Waals surface area contributed by atoms with Crippen LogP contribution in [0.1, 0.15) is 40.0 Å². The maximum absolute atomic E-state index is 11.6. The first kappa shape index (κ1) is 16.2. The zero-order valence-electron chi connectivity index (χ0n) is 12.4. The van der Waals surface area contributed by atoms with Crippen molar-refractivity contribution in [2.45, 2.75) is 70.3 Å². The molecule has 0 bridgehead atoms. The van der Waals surface area contributed by atoms with Crippen molar-refractivity contribution in [1.82, 2.24) is 5.32 Å². The molecule has 1 saturated carbocycles. The van der Waals surface area contributed by atoms with E-state index in [0.29, 0.717) is 19.3 Å². The third-order valence-electron chi connectivity index (χ3n) is 4.17. The van der Waals surface area contributed by atoms with E-state index < -0.39 is 14.4 Å². The normalized spacial score (nSPS) is 25.2. The topological polar surface area (TPSA) is 75.6 Å². The van der Waals surface area contributed by atoms with E-state index in [2.05, 4.69) is 39.2 Å². The third-order valence-corrected chi connectivity index (χ3v) is 8.68. The van der Waals surface area contributed by atoms with Crippen molar-refractivity contribution in [3.05, 3.63) is 0 Å². The molecule has 2 atom stereocenters. The van der Waals surface area contributed by atoms with Crippen LogP contribution in [0.25, 0.3) is 0 Å². The molecule has 1 amide bonds. The Morgan fingerprint density at radius 3 is 2.47 bits per heavy atom. The first-order chi connectivity index (χ1) is 8.53. The molecule has 5 nitrogen and oxygen atoms in total. The fourth-order valence-electron chi connectivity index (χ4n) is 1.97. The number of nitrogens with one attached hydrogen (secondary N) is 1. The molecule has 0 radical (unpaired) electrons. The van der Waals surface area contributed by atoms with E-state index in [-0.39, 0.29) is 23.0 Å². The molecular weight excluding hydrogens is 262 g/mol. The average molecular weight is 287 g/mol. The summed E-state index contributed by atoms with van der Waals surface area (Å²) in [6.45, 7) is 10.6. The minimum atomic E-state index is -2.00. The maximum atomic E-state index is 11.6. The van der Waals surface area contributed by atoms with Gasteiger partial charge in [0.2, 0.25) is 0 Å². The van der Waals surface area contributed by atoms with Gasteiger partial charge in [-0.1, -0.05) is 20.8 Å². The monoisotopic (exact) mass is 287 g/mol. The van der Waals surface area contributed by atoms with Crippen LogP contribution in [0.3, 0.4) is 0 Å². The third kappa shape index (κ3) is 4.31. The predicted molar refractivity (Wildman–Crippen MR) is 75.9 cm³/mol. The van der Waals surface area contributed by atoms with Gasteiger partial charge < -0.3 is 14.8 Å². The SMILES string of the molecule is CC(C)(C)[Si](C)(C)O[C@@H]1CC(=O)CC[C@@H]1NC(=O)O. The number of amides is 1. The molecule has 0 aromatic heterocycles. The van der Waals surface area contributed by atoms with Crippen LogP contribution in [0, 0.1) is 0 Å². The fraction of sp³-hybridized carbons (Fsp3) is 0.846. The number of rotatable bonds is 3. The Bertz CT molecular complexity index is 362. The first-order valence-electron chi connectivity index (χ1n) is 6.72. The number of hydrogen-bond acceptors (Lipinski definition) is 3. The van der Waals surface area contributed by atoms with Crippen molar-refractivity contribution in [3.63, 3.8) is 0 Å². The van der Waals surface area contributed by atoms with Crippen LogP contribution in [0.15, 0.2) is 0 Å². The lowest BCUT2D eigenvalue weighted by molar-refractivity contribution is -0.123. The van der Waals surface area contributed by atoms with E-state index in [0.717, 1.165) is 0 Å². The molecule has 1 aliphatic carbocycles. The average Bonchev–Trinajstić information content (AvgIpc) is 2.19. The van der Waals surface area contributed by atoms with Gasteiger partial charge in [0.05, 0.1) is 12.1 Å². The number of carbonyl (C=O) groups is 2. The molecule has 1 rings (SSSR count). The Morgan fingerprint density at radius 2 is 2.00 bits per heavy atom. The van der Waals surface area contributed by atoms with Gasteiger partial charge in [-0.2, -0.15) is 0 Å². The van der Waals surface area contributed by atoms with E-state index >= 15 is 0 Å². The summed E-state index contributed by atoms with van der Waals surface area (Å²) in [7, 11) is -2.00. The molecule has 110 valence electrons. The van der Waals surface area contributed by atoms with Gasteiger partial charge >= 0.3 is 6.09 Å². The van der Waals surface area contributed by atoms with Crippen molar-refractivity contribution in [2.75, 3.05) is 0 Å². The van der Waals surface area contributed by atoms with Gasteiger partial charge in [-0.3, -0.25) is 4.79 Å². The predicted octanol–water partition coefficient (Wildman–Crippen LogP) is 2.77. The number of carbonyl (C=O) groups excluding carboxylic acids is 1. The lowest BCUT2D eigenvalue weighted by Gasteiger charge is -2.42. The second-order valence-electron chi connectivity index (χ2n) is 6.75. The molecule has 19 heavy (non-hydrogen) atoms. The smallest absolute Gasteiger partial charge is 0.404 e. The summed E-state index contributed by atoms with van der Waals surface area (Å²) in [5, 5.41) is 11.4. The molecule has 1 fully saturated rings. The van der Waals surface area contributed by atoms with E-state index in [9.17, 15) is 9.59 Å². The number of ketones is 1. The van der Waals surface area contributed by atoms with E-state index in [1.54, 1.807) is 0 Å². The molecule has 2 N–H and O–H groups in total. The van der Waals surface area contributed by atoms with Gasteiger partial charge in [-0.25, -0.2) is 4.79 Å². The maximum Gasteiger partial charge on any atom is 0.404 e. The van der Waals surface area contributed by atoms with Crippen molar-refractivity contribution in [2.24, 2.45) is 0 Å². The Morgan fingerprint density at radius 1 is 1.42 bits per heavy atom. The van der Waals surface area contributed by atoms with Crippen LogP contribution < -0.4 is 5.32 Å². The van der Waals surface area contributed by atoms with Crippen LogP contribution in [0.5, 0.6) is 0 Å². The highest BCUT2D eigenvalue weighted by Crippen LogP contribution is 2.38. The molecule has 0 aliphatic heterocycles. The highest BCUT2D eigenvalue weighted by Gasteiger charge is 2.42. The standard InChI is InChI=1S/C13H25NO4Si/c1-13(2,3)19(4,5)18-11-8-9(15)6-7-10(11)14-12(16)17/h10-11,14H,6-8H2,1-5H3,(H,16,17)/t10-,11+/m0/s1. The minimum absolute atomic E-state index is 0.0429. The van der Waals surface area contributed by atoms with Crippen LogP contribution >= 0.6 is 0 Å². The zero-order valence-corrected chi connectivity index (χ0v) is 13.4. The van der Waals surface area contributed by atoms with Crippen LogP contribution in [-0.2, 0) is 9.22 Å². The summed E-state index contributed by atoms with van der Waals surface area (Å²) in [6.07, 6.45) is -0.0918.